The van der Waals surface area contributed by atoms with E-state index in [1.54, 1.807) is 12.1 Å². The van der Waals surface area contributed by atoms with Crippen molar-refractivity contribution in [1.29, 1.82) is 0 Å². The van der Waals surface area contributed by atoms with E-state index in [0.29, 0.717) is 5.75 Å². The number of aromatic hydroxyl groups is 1. The van der Waals surface area contributed by atoms with Gasteiger partial charge in [0.15, 0.2) is 0 Å². The van der Waals surface area contributed by atoms with E-state index in [1.807, 2.05) is 24.3 Å². The van der Waals surface area contributed by atoms with Gasteiger partial charge in [-0.3, -0.25) is 4.90 Å². The van der Waals surface area contributed by atoms with Gasteiger partial charge in [0.25, 0.3) is 0 Å². The maximum absolute atomic E-state index is 9.55. The van der Waals surface area contributed by atoms with Gasteiger partial charge in [-0.05, 0) is 42.4 Å². The summed E-state index contributed by atoms with van der Waals surface area (Å²) in [5.74, 6) is 0.303. The van der Waals surface area contributed by atoms with Crippen LogP contribution < -0.4 is 0 Å². The molecule has 0 aromatic heterocycles. The number of hydrogen-bond donors (Lipinski definition) is 1. The zero-order chi connectivity index (χ0) is 15.5. The van der Waals surface area contributed by atoms with Gasteiger partial charge < -0.3 is 10.0 Å². The minimum Gasteiger partial charge on any atom is -0.508 e. The lowest BCUT2D eigenvalue weighted by Crippen LogP contribution is -2.46. The molecule has 0 amide bonds. The number of phenolic OH excluding ortho intramolecular Hbond substituents is 1. The highest BCUT2D eigenvalue weighted by Crippen LogP contribution is 2.31. The van der Waals surface area contributed by atoms with E-state index in [2.05, 4.69) is 29.0 Å². The average molecular weight is 317 g/mol. The molecule has 4 heteroatoms. The third-order valence-corrected chi connectivity index (χ3v) is 4.55. The van der Waals surface area contributed by atoms with Crippen LogP contribution in [0.3, 0.4) is 0 Å². The third kappa shape index (κ3) is 3.43. The first-order chi connectivity index (χ1) is 10.6. The lowest BCUT2D eigenvalue weighted by molar-refractivity contribution is 0.127. The van der Waals surface area contributed by atoms with Crippen molar-refractivity contribution in [3.63, 3.8) is 0 Å². The van der Waals surface area contributed by atoms with E-state index >= 15 is 0 Å². The maximum atomic E-state index is 9.55. The molecule has 116 valence electrons. The number of hydrogen-bond acceptors (Lipinski definition) is 3. The molecule has 0 aliphatic carbocycles. The van der Waals surface area contributed by atoms with Gasteiger partial charge in [0.2, 0.25) is 0 Å². The molecule has 0 saturated carbocycles. The number of likely N-dealkylation sites (N-methyl/N-ethyl adjacent to an activating group) is 1. The fourth-order valence-corrected chi connectivity index (χ4v) is 3.12. The smallest absolute Gasteiger partial charge is 0.115 e. The van der Waals surface area contributed by atoms with E-state index in [1.165, 1.54) is 11.1 Å². The van der Waals surface area contributed by atoms with Crippen molar-refractivity contribution in [2.75, 3.05) is 33.2 Å². The Bertz CT molecular complexity index is 558. The van der Waals surface area contributed by atoms with Crippen molar-refractivity contribution in [2.45, 2.75) is 6.04 Å². The van der Waals surface area contributed by atoms with Gasteiger partial charge in [-0.15, -0.1) is 0 Å². The summed E-state index contributed by atoms with van der Waals surface area (Å²) in [6, 6.07) is 15.8. The first-order valence-corrected chi connectivity index (χ1v) is 7.98. The van der Waals surface area contributed by atoms with E-state index in [9.17, 15) is 5.11 Å². The minimum absolute atomic E-state index is 0.201. The number of halogens is 1. The van der Waals surface area contributed by atoms with E-state index in [-0.39, 0.29) is 6.04 Å². The van der Waals surface area contributed by atoms with Crippen LogP contribution in [-0.4, -0.2) is 48.1 Å². The van der Waals surface area contributed by atoms with Crippen molar-refractivity contribution >= 4 is 11.6 Å². The minimum atomic E-state index is 0.201. The largest absolute Gasteiger partial charge is 0.508 e. The van der Waals surface area contributed by atoms with E-state index in [0.717, 1.165) is 31.2 Å². The van der Waals surface area contributed by atoms with Gasteiger partial charge in [-0.25, -0.2) is 0 Å². The molecular weight excluding hydrogens is 296 g/mol. The molecule has 0 spiro atoms. The van der Waals surface area contributed by atoms with Crippen molar-refractivity contribution in [3.05, 3.63) is 64.7 Å². The standard InChI is InChI=1S/C18H21ClN2O/c1-20-10-12-21(13-11-20)18(14-2-6-16(19)7-3-14)15-4-8-17(22)9-5-15/h2-9,18,22H,10-13H2,1H3. The SMILES string of the molecule is CN1CCN(C(c2ccc(O)cc2)c2ccc(Cl)cc2)CC1. The molecule has 0 bridgehead atoms. The van der Waals surface area contributed by atoms with Gasteiger partial charge in [0.1, 0.15) is 5.75 Å². The normalized spacial score (nSPS) is 18.3. The second-order valence-electron chi connectivity index (χ2n) is 5.88. The van der Waals surface area contributed by atoms with Crippen LogP contribution in [0, 0.1) is 0 Å². The Balaban J connectivity index is 1.94. The molecule has 1 unspecified atom stereocenters. The predicted octanol–water partition coefficient (Wildman–Crippen LogP) is 3.38. The Kier molecular flexibility index (Phi) is 4.67. The van der Waals surface area contributed by atoms with Crippen molar-refractivity contribution in [2.24, 2.45) is 0 Å². The summed E-state index contributed by atoms with van der Waals surface area (Å²) in [7, 11) is 2.16. The van der Waals surface area contributed by atoms with Gasteiger partial charge in [0.05, 0.1) is 6.04 Å². The second kappa shape index (κ2) is 6.69. The van der Waals surface area contributed by atoms with Crippen LogP contribution in [0.1, 0.15) is 17.2 Å². The molecule has 2 aromatic rings. The third-order valence-electron chi connectivity index (χ3n) is 4.30. The first-order valence-electron chi connectivity index (χ1n) is 7.60. The molecule has 1 aliphatic heterocycles. The van der Waals surface area contributed by atoms with Crippen LogP contribution in [0.2, 0.25) is 5.02 Å². The Labute approximate surface area is 136 Å². The predicted molar refractivity (Wildman–Crippen MR) is 90.5 cm³/mol. The van der Waals surface area contributed by atoms with Gasteiger partial charge in [0, 0.05) is 31.2 Å². The topological polar surface area (TPSA) is 26.7 Å². The maximum Gasteiger partial charge on any atom is 0.115 e. The summed E-state index contributed by atoms with van der Waals surface area (Å²) in [4.78, 5) is 4.85. The summed E-state index contributed by atoms with van der Waals surface area (Å²) < 4.78 is 0. The number of rotatable bonds is 3. The first kappa shape index (κ1) is 15.3. The van der Waals surface area contributed by atoms with Crippen molar-refractivity contribution in [3.8, 4) is 5.75 Å². The Hall–Kier alpha value is -1.55. The second-order valence-corrected chi connectivity index (χ2v) is 6.32. The molecule has 2 aromatic carbocycles. The highest BCUT2D eigenvalue weighted by Gasteiger charge is 2.25. The summed E-state index contributed by atoms with van der Waals surface area (Å²) in [5.41, 5.74) is 2.43. The van der Waals surface area contributed by atoms with Crippen LogP contribution >= 0.6 is 11.6 Å². The Morgan fingerprint density at radius 3 is 1.91 bits per heavy atom. The van der Waals surface area contributed by atoms with Gasteiger partial charge in [-0.1, -0.05) is 35.9 Å². The molecule has 1 aliphatic rings. The van der Waals surface area contributed by atoms with Crippen LogP contribution in [-0.2, 0) is 0 Å². The average Bonchev–Trinajstić information content (AvgIpc) is 2.53. The Morgan fingerprint density at radius 2 is 1.36 bits per heavy atom. The molecule has 1 N–H and O–H groups in total. The summed E-state index contributed by atoms with van der Waals surface area (Å²) >= 11 is 6.03. The van der Waals surface area contributed by atoms with Crippen molar-refractivity contribution < 1.29 is 5.11 Å². The number of phenols is 1. The molecule has 1 saturated heterocycles. The van der Waals surface area contributed by atoms with Crippen LogP contribution in [0.4, 0.5) is 0 Å². The lowest BCUT2D eigenvalue weighted by atomic mass is 9.96. The number of nitrogens with zero attached hydrogens (tertiary/aromatic N) is 2. The quantitative estimate of drug-likeness (QED) is 0.940. The molecule has 0 radical (unpaired) electrons. The fraction of sp³-hybridized carbons (Fsp3) is 0.333. The highest BCUT2D eigenvalue weighted by molar-refractivity contribution is 6.30. The zero-order valence-corrected chi connectivity index (χ0v) is 13.5. The van der Waals surface area contributed by atoms with Gasteiger partial charge >= 0.3 is 0 Å². The molecule has 1 atom stereocenters. The molecule has 3 nitrogen and oxygen atoms in total. The molecule has 22 heavy (non-hydrogen) atoms. The molecule has 1 heterocycles. The van der Waals surface area contributed by atoms with Crippen LogP contribution in [0.15, 0.2) is 48.5 Å². The zero-order valence-electron chi connectivity index (χ0n) is 12.7. The summed E-state index contributed by atoms with van der Waals surface area (Å²) in [6.45, 7) is 4.21. The molecule has 3 rings (SSSR count). The van der Waals surface area contributed by atoms with Gasteiger partial charge in [-0.2, -0.15) is 0 Å². The van der Waals surface area contributed by atoms with E-state index in [4.69, 9.17) is 11.6 Å². The molecule has 1 fully saturated rings. The van der Waals surface area contributed by atoms with Crippen molar-refractivity contribution in [1.82, 2.24) is 9.80 Å². The van der Waals surface area contributed by atoms with Crippen LogP contribution in [0.5, 0.6) is 5.75 Å². The van der Waals surface area contributed by atoms with Crippen LogP contribution in [0.25, 0.3) is 0 Å². The number of piperazine rings is 1. The highest BCUT2D eigenvalue weighted by atomic mass is 35.5. The monoisotopic (exact) mass is 316 g/mol. The fourth-order valence-electron chi connectivity index (χ4n) is 3.00. The molecular formula is C18H21ClN2O. The lowest BCUT2D eigenvalue weighted by Gasteiger charge is -2.38. The summed E-state index contributed by atoms with van der Waals surface area (Å²) in [5, 5.41) is 10.3. The van der Waals surface area contributed by atoms with E-state index < -0.39 is 0 Å². The Morgan fingerprint density at radius 1 is 0.864 bits per heavy atom. The number of benzene rings is 2. The summed E-state index contributed by atoms with van der Waals surface area (Å²) in [6.07, 6.45) is 0.